The number of thiol groups is 5. The highest BCUT2D eigenvalue weighted by Gasteiger charge is 2.02. The molecule has 0 radical (unpaired) electrons. The fourth-order valence-electron chi connectivity index (χ4n) is 0.576. The number of carbonyl (C=O) groups excluding carboxylic acids is 2. The molecule has 29 heavy (non-hydrogen) atoms. The SMILES string of the molecule is O=C(CCS)OCSCOC(=O)CCS.O=C(O)CS.O=C(O)CS.OCCS. The molecule has 0 amide bonds. The van der Waals surface area contributed by atoms with Crippen molar-refractivity contribution in [2.75, 3.05) is 47.2 Å². The molecule has 0 rings (SSSR count). The molecule has 0 aromatic carbocycles. The van der Waals surface area contributed by atoms with Gasteiger partial charge in [-0.05, 0) is 0 Å². The molecule has 0 unspecified atom stereocenters. The number of hydrogen-bond donors (Lipinski definition) is 8. The molecule has 0 aliphatic rings. The van der Waals surface area contributed by atoms with Crippen molar-refractivity contribution in [3.63, 3.8) is 0 Å². The molecule has 15 heteroatoms. The average molecular weight is 533 g/mol. The zero-order chi connectivity index (χ0) is 23.5. The lowest BCUT2D eigenvalue weighted by Crippen LogP contribution is -2.07. The maximum absolute atomic E-state index is 10.8. The van der Waals surface area contributed by atoms with E-state index in [-0.39, 0.29) is 41.9 Å². The van der Waals surface area contributed by atoms with Gasteiger partial charge >= 0.3 is 23.9 Å². The Morgan fingerprint density at radius 1 is 0.690 bits per heavy atom. The molecule has 0 spiro atoms. The lowest BCUT2D eigenvalue weighted by atomic mass is 10.5. The quantitative estimate of drug-likeness (QED) is 0.0847. The molecular formula is C14H28O9S6. The highest BCUT2D eigenvalue weighted by Crippen LogP contribution is 2.03. The molecule has 0 fully saturated rings. The molecule has 9 nitrogen and oxygen atoms in total. The largest absolute Gasteiger partial charge is 0.481 e. The highest BCUT2D eigenvalue weighted by molar-refractivity contribution is 7.99. The Kier molecular flexibility index (Phi) is 40.8. The van der Waals surface area contributed by atoms with Crippen molar-refractivity contribution in [2.45, 2.75) is 12.8 Å². The Labute approximate surface area is 202 Å². The second-order valence-electron chi connectivity index (χ2n) is 3.97. The van der Waals surface area contributed by atoms with Crippen molar-refractivity contribution in [1.29, 1.82) is 0 Å². The number of hydrogen-bond acceptors (Lipinski definition) is 13. The predicted octanol–water partition coefficient (Wildman–Crippen LogP) is 1.27. The molecule has 0 aromatic heterocycles. The minimum absolute atomic E-state index is 0.0833. The van der Waals surface area contributed by atoms with E-state index in [1.807, 2.05) is 0 Å². The zero-order valence-electron chi connectivity index (χ0n) is 15.5. The smallest absolute Gasteiger partial charge is 0.313 e. The second kappa shape index (κ2) is 32.6. The number of carbonyl (C=O) groups is 4. The van der Waals surface area contributed by atoms with Crippen LogP contribution in [-0.2, 0) is 28.7 Å². The highest BCUT2D eigenvalue weighted by atomic mass is 32.2. The number of aliphatic hydroxyl groups is 1. The van der Waals surface area contributed by atoms with Crippen LogP contribution in [-0.4, -0.2) is 86.4 Å². The van der Waals surface area contributed by atoms with E-state index in [4.69, 9.17) is 24.8 Å². The molecule has 174 valence electrons. The number of thioether (sulfide) groups is 1. The van der Waals surface area contributed by atoms with E-state index in [1.54, 1.807) is 0 Å². The Bertz CT molecular complexity index is 377. The first-order chi connectivity index (χ1) is 13.7. The van der Waals surface area contributed by atoms with Gasteiger partial charge < -0.3 is 24.8 Å². The summed E-state index contributed by atoms with van der Waals surface area (Å²) in [6.45, 7) is 0.184. The first-order valence-electron chi connectivity index (χ1n) is 7.64. The number of carboxylic acids is 2. The van der Waals surface area contributed by atoms with E-state index in [0.29, 0.717) is 30.1 Å². The maximum Gasteiger partial charge on any atom is 0.313 e. The Morgan fingerprint density at radius 3 is 1.14 bits per heavy atom. The van der Waals surface area contributed by atoms with Crippen LogP contribution >= 0.6 is 74.9 Å². The van der Waals surface area contributed by atoms with Gasteiger partial charge in [0, 0.05) is 17.3 Å². The van der Waals surface area contributed by atoms with E-state index >= 15 is 0 Å². The fourth-order valence-corrected chi connectivity index (χ4v) is 1.44. The number of esters is 2. The predicted molar refractivity (Wildman–Crippen MR) is 130 cm³/mol. The summed E-state index contributed by atoms with van der Waals surface area (Å²) < 4.78 is 9.59. The van der Waals surface area contributed by atoms with Crippen molar-refractivity contribution >= 4 is 98.8 Å². The topological polar surface area (TPSA) is 147 Å². The average Bonchev–Trinajstić information content (AvgIpc) is 2.69. The van der Waals surface area contributed by atoms with Gasteiger partial charge in [-0.15, -0.1) is 0 Å². The Hall–Kier alpha value is -0.0600. The molecule has 0 heterocycles. The van der Waals surface area contributed by atoms with Gasteiger partial charge in [0.25, 0.3) is 0 Å². The van der Waals surface area contributed by atoms with E-state index in [9.17, 15) is 19.2 Å². The van der Waals surface area contributed by atoms with Crippen LogP contribution in [0.1, 0.15) is 12.8 Å². The summed E-state index contributed by atoms with van der Waals surface area (Å²) in [4.78, 5) is 40.3. The van der Waals surface area contributed by atoms with Crippen molar-refractivity contribution in [3.05, 3.63) is 0 Å². The normalized spacial score (nSPS) is 8.62. The summed E-state index contributed by atoms with van der Waals surface area (Å²) in [6.07, 6.45) is 0.590. The van der Waals surface area contributed by atoms with Crippen molar-refractivity contribution in [3.8, 4) is 0 Å². The molecule has 0 aliphatic heterocycles. The van der Waals surface area contributed by atoms with Gasteiger partial charge in [-0.25, -0.2) is 0 Å². The number of aliphatic hydroxyl groups excluding tert-OH is 1. The van der Waals surface area contributed by atoms with Gasteiger partial charge in [0.1, 0.15) is 11.9 Å². The molecule has 0 atom stereocenters. The van der Waals surface area contributed by atoms with Crippen LogP contribution in [0.15, 0.2) is 0 Å². The molecule has 0 bridgehead atoms. The summed E-state index contributed by atoms with van der Waals surface area (Å²) in [5.41, 5.74) is 0. The lowest BCUT2D eigenvalue weighted by molar-refractivity contribution is -0.141. The summed E-state index contributed by atoms with van der Waals surface area (Å²) in [5, 5.41) is 23.1. The molecule has 0 saturated heterocycles. The molecule has 3 N–H and O–H groups in total. The van der Waals surface area contributed by atoms with Crippen molar-refractivity contribution < 1.29 is 44.0 Å². The molecule has 0 saturated carbocycles. The summed E-state index contributed by atoms with van der Waals surface area (Å²) in [7, 11) is 0. The minimum Gasteiger partial charge on any atom is -0.481 e. The van der Waals surface area contributed by atoms with Crippen LogP contribution in [0.25, 0.3) is 0 Å². The summed E-state index contributed by atoms with van der Waals surface area (Å²) in [6, 6.07) is 0. The van der Waals surface area contributed by atoms with Crippen LogP contribution in [0.5, 0.6) is 0 Å². The maximum atomic E-state index is 10.8. The molecule has 0 aromatic rings. The van der Waals surface area contributed by atoms with Crippen LogP contribution in [0, 0.1) is 0 Å². The van der Waals surface area contributed by atoms with E-state index in [2.05, 4.69) is 63.1 Å². The summed E-state index contributed by atoms with van der Waals surface area (Å²) >= 11 is 19.5. The van der Waals surface area contributed by atoms with Gasteiger partial charge in [0.05, 0.1) is 31.0 Å². The van der Waals surface area contributed by atoms with Crippen LogP contribution in [0.2, 0.25) is 0 Å². The minimum atomic E-state index is -0.881. The standard InChI is InChI=1S/C8H14O4S3.2C2H4O2S.C2H6OS/c9-7(1-3-13)11-5-15-6-12-8(10)2-4-14;2*3-2(4)1-5;3-1-2-4/h13-14H,1-6H2;2*5H,1H2,(H,3,4);3-4H,1-2H2. The first kappa shape index (κ1) is 36.3. The van der Waals surface area contributed by atoms with E-state index < -0.39 is 11.9 Å². The van der Waals surface area contributed by atoms with E-state index in [0.717, 1.165) is 0 Å². The van der Waals surface area contributed by atoms with Gasteiger partial charge in [-0.3, -0.25) is 19.2 Å². The number of aliphatic carboxylic acids is 2. The van der Waals surface area contributed by atoms with Gasteiger partial charge in [-0.2, -0.15) is 63.1 Å². The van der Waals surface area contributed by atoms with E-state index in [1.165, 1.54) is 11.8 Å². The van der Waals surface area contributed by atoms with Crippen molar-refractivity contribution in [1.82, 2.24) is 0 Å². The molecule has 0 aliphatic carbocycles. The van der Waals surface area contributed by atoms with Crippen LogP contribution in [0.4, 0.5) is 0 Å². The number of ether oxygens (including phenoxy) is 2. The third-order valence-corrected chi connectivity index (χ3v) is 3.37. The Morgan fingerprint density at radius 2 is 0.966 bits per heavy atom. The van der Waals surface area contributed by atoms with Gasteiger partial charge in [-0.1, -0.05) is 11.8 Å². The van der Waals surface area contributed by atoms with Gasteiger partial charge in [0.15, 0.2) is 0 Å². The van der Waals surface area contributed by atoms with Crippen LogP contribution in [0.3, 0.4) is 0 Å². The number of rotatable bonds is 11. The fraction of sp³-hybridized carbons (Fsp3) is 0.714. The monoisotopic (exact) mass is 532 g/mol. The van der Waals surface area contributed by atoms with Gasteiger partial charge in [0.2, 0.25) is 0 Å². The van der Waals surface area contributed by atoms with Crippen molar-refractivity contribution in [2.24, 2.45) is 0 Å². The zero-order valence-corrected chi connectivity index (χ0v) is 20.8. The Balaban J connectivity index is -0.000000182. The van der Waals surface area contributed by atoms with Crippen LogP contribution < -0.4 is 0 Å². The number of carboxylic acid groups (broad SMARTS) is 2. The first-order valence-corrected chi connectivity index (χ1v) is 12.0. The summed E-state index contributed by atoms with van der Waals surface area (Å²) in [5.74, 6) is -0.609. The third-order valence-electron chi connectivity index (χ3n) is 1.61. The second-order valence-corrected chi connectivity index (χ2v) is 6.82. The molecular weight excluding hydrogens is 505 g/mol. The lowest BCUT2D eigenvalue weighted by Gasteiger charge is -2.04. The third kappa shape index (κ3) is 52.4.